The zero-order chi connectivity index (χ0) is 13.3. The molecule has 0 radical (unpaired) electrons. The van der Waals surface area contributed by atoms with E-state index in [1.807, 2.05) is 20.8 Å². The van der Waals surface area contributed by atoms with Crippen LogP contribution in [0.15, 0.2) is 11.6 Å². The number of hydrogen-bond acceptors (Lipinski definition) is 3. The highest BCUT2D eigenvalue weighted by Gasteiger charge is 2.42. The van der Waals surface area contributed by atoms with Crippen molar-refractivity contribution in [3.05, 3.63) is 11.6 Å². The van der Waals surface area contributed by atoms with Crippen LogP contribution in [0.4, 0.5) is 4.79 Å². The summed E-state index contributed by atoms with van der Waals surface area (Å²) in [6.07, 6.45) is 3.51. The number of hydrogen-bond donors (Lipinski definition) is 0. The van der Waals surface area contributed by atoms with Crippen LogP contribution in [0.3, 0.4) is 0 Å². The maximum atomic E-state index is 12.0. The molecule has 0 N–H and O–H groups in total. The Morgan fingerprint density at radius 1 is 1.50 bits per heavy atom. The van der Waals surface area contributed by atoms with E-state index in [0.29, 0.717) is 18.4 Å². The van der Waals surface area contributed by atoms with Gasteiger partial charge in [0, 0.05) is 25.1 Å². The highest BCUT2D eigenvalue weighted by Crippen LogP contribution is 2.41. The van der Waals surface area contributed by atoms with Crippen molar-refractivity contribution in [1.29, 1.82) is 5.26 Å². The molecule has 0 bridgehead atoms. The number of nitriles is 1. The normalized spacial score (nSPS) is 29.2. The maximum Gasteiger partial charge on any atom is 0.410 e. The molecular weight excluding hydrogens is 228 g/mol. The largest absolute Gasteiger partial charge is 0.444 e. The van der Waals surface area contributed by atoms with Gasteiger partial charge in [0.15, 0.2) is 0 Å². The van der Waals surface area contributed by atoms with Gasteiger partial charge in [0.05, 0.1) is 6.07 Å². The molecule has 0 aromatic heterocycles. The predicted molar refractivity (Wildman–Crippen MR) is 67.7 cm³/mol. The third kappa shape index (κ3) is 2.66. The summed E-state index contributed by atoms with van der Waals surface area (Å²) in [5.41, 5.74) is 0.758. The van der Waals surface area contributed by atoms with E-state index in [4.69, 9.17) is 10.00 Å². The molecule has 2 atom stereocenters. The highest BCUT2D eigenvalue weighted by atomic mass is 16.6. The van der Waals surface area contributed by atoms with Crippen LogP contribution < -0.4 is 0 Å². The van der Waals surface area contributed by atoms with E-state index in [1.54, 1.807) is 11.0 Å². The van der Waals surface area contributed by atoms with E-state index in [-0.39, 0.29) is 6.09 Å². The van der Waals surface area contributed by atoms with Crippen molar-refractivity contribution in [2.24, 2.45) is 11.8 Å². The Hall–Kier alpha value is -1.50. The maximum absolute atomic E-state index is 12.0. The Bertz CT molecular complexity index is 414. The fourth-order valence-corrected chi connectivity index (χ4v) is 2.86. The second-order valence-electron chi connectivity index (χ2n) is 6.14. The number of ether oxygens (including phenoxy) is 1. The molecule has 98 valence electrons. The fraction of sp³-hybridized carbons (Fsp3) is 0.714. The van der Waals surface area contributed by atoms with Gasteiger partial charge in [-0.1, -0.05) is 5.57 Å². The molecule has 1 saturated carbocycles. The van der Waals surface area contributed by atoms with Crippen LogP contribution in [0.5, 0.6) is 0 Å². The zero-order valence-corrected chi connectivity index (χ0v) is 11.3. The van der Waals surface area contributed by atoms with Crippen LogP contribution in [0.2, 0.25) is 0 Å². The Morgan fingerprint density at radius 3 is 2.83 bits per heavy atom. The summed E-state index contributed by atoms with van der Waals surface area (Å²) in [6, 6.07) is 2.11. The average molecular weight is 248 g/mol. The minimum absolute atomic E-state index is 0.229. The van der Waals surface area contributed by atoms with Crippen LogP contribution in [-0.2, 0) is 4.74 Å². The summed E-state index contributed by atoms with van der Waals surface area (Å²) in [5, 5.41) is 8.74. The van der Waals surface area contributed by atoms with Crippen molar-refractivity contribution in [3.8, 4) is 6.07 Å². The number of allylic oxidation sites excluding steroid dienone is 1. The number of rotatable bonds is 0. The number of carbonyl (C=O) groups is 1. The van der Waals surface area contributed by atoms with Gasteiger partial charge in [-0.25, -0.2) is 4.79 Å². The van der Waals surface area contributed by atoms with Crippen LogP contribution in [0.1, 0.15) is 33.6 Å². The number of carbonyl (C=O) groups excluding carboxylic acids is 1. The number of likely N-dealkylation sites (tertiary alicyclic amines) is 1. The van der Waals surface area contributed by atoms with Crippen LogP contribution >= 0.6 is 0 Å². The molecule has 0 spiro atoms. The molecule has 1 aliphatic carbocycles. The number of fused-ring (bicyclic) bond motifs is 1. The molecule has 4 nitrogen and oxygen atoms in total. The van der Waals surface area contributed by atoms with E-state index >= 15 is 0 Å². The lowest BCUT2D eigenvalue weighted by Crippen LogP contribution is -2.35. The Kier molecular flexibility index (Phi) is 3.34. The van der Waals surface area contributed by atoms with E-state index < -0.39 is 5.60 Å². The summed E-state index contributed by atoms with van der Waals surface area (Å²) in [6.45, 7) is 7.10. The first-order chi connectivity index (χ1) is 8.40. The second kappa shape index (κ2) is 4.64. The number of nitrogens with zero attached hydrogens (tertiary/aromatic N) is 2. The zero-order valence-electron chi connectivity index (χ0n) is 11.3. The van der Waals surface area contributed by atoms with Crippen molar-refractivity contribution in [2.75, 3.05) is 13.1 Å². The Balaban J connectivity index is 1.99. The average Bonchev–Trinajstić information content (AvgIpc) is 2.77. The number of amides is 1. The second-order valence-corrected chi connectivity index (χ2v) is 6.14. The lowest BCUT2D eigenvalue weighted by atomic mass is 9.97. The SMILES string of the molecule is CC(C)(C)OC(=O)N1CC2CC/C(=C/C#N)C2C1. The molecule has 0 aromatic carbocycles. The summed E-state index contributed by atoms with van der Waals surface area (Å²) in [5.74, 6) is 0.884. The Morgan fingerprint density at radius 2 is 2.22 bits per heavy atom. The van der Waals surface area contributed by atoms with Gasteiger partial charge in [-0.3, -0.25) is 0 Å². The van der Waals surface area contributed by atoms with Crippen molar-refractivity contribution < 1.29 is 9.53 Å². The summed E-state index contributed by atoms with van der Waals surface area (Å²) in [7, 11) is 0. The van der Waals surface area contributed by atoms with Crippen LogP contribution in [0.25, 0.3) is 0 Å². The Labute approximate surface area is 108 Å². The topological polar surface area (TPSA) is 53.3 Å². The van der Waals surface area contributed by atoms with Crippen molar-refractivity contribution in [1.82, 2.24) is 4.90 Å². The molecule has 0 aromatic rings. The minimum atomic E-state index is -0.444. The molecule has 2 fully saturated rings. The quantitative estimate of drug-likeness (QED) is 0.619. The van der Waals surface area contributed by atoms with E-state index in [0.717, 1.165) is 19.4 Å². The first-order valence-corrected chi connectivity index (χ1v) is 6.47. The van der Waals surface area contributed by atoms with Gasteiger partial charge >= 0.3 is 6.09 Å². The van der Waals surface area contributed by atoms with Gasteiger partial charge in [0.1, 0.15) is 5.60 Å². The van der Waals surface area contributed by atoms with E-state index in [2.05, 4.69) is 6.07 Å². The summed E-state index contributed by atoms with van der Waals surface area (Å²) < 4.78 is 5.38. The van der Waals surface area contributed by atoms with Crippen LogP contribution in [-0.4, -0.2) is 29.7 Å². The van der Waals surface area contributed by atoms with Gasteiger partial charge in [-0.05, 0) is 39.5 Å². The molecule has 2 aliphatic rings. The molecule has 1 amide bonds. The van der Waals surface area contributed by atoms with Crippen molar-refractivity contribution in [2.45, 2.75) is 39.2 Å². The van der Waals surface area contributed by atoms with Crippen molar-refractivity contribution in [3.63, 3.8) is 0 Å². The molecule has 2 unspecified atom stereocenters. The van der Waals surface area contributed by atoms with Crippen molar-refractivity contribution >= 4 is 6.09 Å². The van der Waals surface area contributed by atoms with Gasteiger partial charge in [0.2, 0.25) is 0 Å². The first kappa shape index (κ1) is 12.9. The third-order valence-electron chi connectivity index (χ3n) is 3.62. The summed E-state index contributed by atoms with van der Waals surface area (Å²) in [4.78, 5) is 13.8. The van der Waals surface area contributed by atoms with Crippen LogP contribution in [0, 0.1) is 23.2 Å². The monoisotopic (exact) mass is 248 g/mol. The third-order valence-corrected chi connectivity index (χ3v) is 3.62. The van der Waals surface area contributed by atoms with Gasteiger partial charge in [-0.15, -0.1) is 0 Å². The molecule has 4 heteroatoms. The lowest BCUT2D eigenvalue weighted by molar-refractivity contribution is 0.0283. The molecule has 1 saturated heterocycles. The van der Waals surface area contributed by atoms with E-state index in [9.17, 15) is 4.79 Å². The molecule has 1 heterocycles. The standard InChI is InChI=1S/C14H20N2O2/c1-14(2,3)18-13(17)16-8-11-5-4-10(6-7-15)12(11)9-16/h6,11-12H,4-5,8-9H2,1-3H3/b10-6-. The van der Waals surface area contributed by atoms with Gasteiger partial charge < -0.3 is 9.64 Å². The molecule has 18 heavy (non-hydrogen) atoms. The van der Waals surface area contributed by atoms with Gasteiger partial charge in [0.25, 0.3) is 0 Å². The summed E-state index contributed by atoms with van der Waals surface area (Å²) >= 11 is 0. The van der Waals surface area contributed by atoms with Gasteiger partial charge in [-0.2, -0.15) is 5.26 Å². The predicted octanol–water partition coefficient (Wildman–Crippen LogP) is 2.71. The fourth-order valence-electron chi connectivity index (χ4n) is 2.86. The van der Waals surface area contributed by atoms with E-state index in [1.165, 1.54) is 5.57 Å². The minimum Gasteiger partial charge on any atom is -0.444 e. The first-order valence-electron chi connectivity index (χ1n) is 6.47. The molecule has 2 rings (SSSR count). The molecular formula is C14H20N2O2. The lowest BCUT2D eigenvalue weighted by Gasteiger charge is -2.24. The molecule has 1 aliphatic heterocycles. The smallest absolute Gasteiger partial charge is 0.410 e. The highest BCUT2D eigenvalue weighted by molar-refractivity contribution is 5.68.